The van der Waals surface area contributed by atoms with Crippen molar-refractivity contribution in [1.29, 1.82) is 0 Å². The van der Waals surface area contributed by atoms with Crippen molar-refractivity contribution in [3.8, 4) is 0 Å². The Bertz CT molecular complexity index is 468. The Morgan fingerprint density at radius 2 is 1.94 bits per heavy atom. The van der Waals surface area contributed by atoms with Gasteiger partial charge in [-0.3, -0.25) is 0 Å². The summed E-state index contributed by atoms with van der Waals surface area (Å²) >= 11 is 0. The summed E-state index contributed by atoms with van der Waals surface area (Å²) in [5, 5.41) is 0. The van der Waals surface area contributed by atoms with Crippen LogP contribution in [0, 0.1) is 0 Å². The average Bonchev–Trinajstić information content (AvgIpc) is 2.49. The van der Waals surface area contributed by atoms with Gasteiger partial charge < -0.3 is 9.47 Å². The van der Waals surface area contributed by atoms with Crippen molar-refractivity contribution in [2.75, 3.05) is 0 Å². The molecule has 2 aliphatic rings. The number of fused-ring (bicyclic) bond motifs is 3. The average molecular weight is 218 g/mol. The fraction of sp³-hybridized carbons (Fsp3) is 0.462. The molecule has 0 unspecified atom stereocenters. The van der Waals surface area contributed by atoms with Crippen molar-refractivity contribution in [1.82, 2.24) is 0 Å². The van der Waals surface area contributed by atoms with Crippen LogP contribution in [0.5, 0.6) is 0 Å². The van der Waals surface area contributed by atoms with E-state index in [1.54, 1.807) is 0 Å². The second-order valence-electron chi connectivity index (χ2n) is 4.88. The number of carbonyl (C=O) groups excluding carboxylic acids is 1. The predicted molar refractivity (Wildman–Crippen MR) is 58.1 cm³/mol. The molecule has 0 saturated carbocycles. The zero-order valence-electron chi connectivity index (χ0n) is 9.45. The molecule has 84 valence electrons. The molecule has 0 amide bonds. The van der Waals surface area contributed by atoms with Gasteiger partial charge in [0.2, 0.25) is 0 Å². The van der Waals surface area contributed by atoms with E-state index in [1.807, 2.05) is 32.0 Å². The first-order chi connectivity index (χ1) is 7.55. The molecule has 3 rings (SSSR count). The molecular formula is C13H14O3. The maximum absolute atomic E-state index is 11.4. The van der Waals surface area contributed by atoms with E-state index in [4.69, 9.17) is 9.47 Å². The number of rotatable bonds is 0. The summed E-state index contributed by atoms with van der Waals surface area (Å²) in [6.45, 7) is 3.89. The molecule has 1 heterocycles. The molecule has 0 bridgehead atoms. The van der Waals surface area contributed by atoms with Crippen LogP contribution < -0.4 is 0 Å². The van der Waals surface area contributed by atoms with Gasteiger partial charge in [-0.2, -0.15) is 0 Å². The van der Waals surface area contributed by atoms with Crippen LogP contribution in [-0.2, 0) is 21.5 Å². The molecule has 1 aromatic rings. The Labute approximate surface area is 94.4 Å². The van der Waals surface area contributed by atoms with Crippen LogP contribution in [0.25, 0.3) is 0 Å². The Morgan fingerprint density at radius 3 is 2.75 bits per heavy atom. The van der Waals surface area contributed by atoms with Gasteiger partial charge in [0.15, 0.2) is 11.2 Å². The van der Waals surface area contributed by atoms with Gasteiger partial charge in [0.1, 0.15) is 0 Å². The van der Waals surface area contributed by atoms with Gasteiger partial charge in [-0.05, 0) is 32.3 Å². The summed E-state index contributed by atoms with van der Waals surface area (Å²) in [7, 11) is 0. The first-order valence-corrected chi connectivity index (χ1v) is 5.56. The summed E-state index contributed by atoms with van der Waals surface area (Å²) in [6, 6.07) is 8.10. The Kier molecular flexibility index (Phi) is 1.69. The first kappa shape index (κ1) is 9.70. The lowest BCUT2D eigenvalue weighted by atomic mass is 9.70. The van der Waals surface area contributed by atoms with Gasteiger partial charge in [0.25, 0.3) is 0 Å². The van der Waals surface area contributed by atoms with Crippen molar-refractivity contribution in [2.24, 2.45) is 0 Å². The van der Waals surface area contributed by atoms with E-state index in [0.717, 1.165) is 18.4 Å². The quantitative estimate of drug-likeness (QED) is 0.628. The highest BCUT2D eigenvalue weighted by molar-refractivity contribution is 5.66. The molecule has 16 heavy (non-hydrogen) atoms. The second-order valence-corrected chi connectivity index (χ2v) is 4.88. The maximum atomic E-state index is 11.4. The normalized spacial score (nSPS) is 36.0. The molecule has 3 heteroatoms. The maximum Gasteiger partial charge on any atom is 0.510 e. The number of hydrogen-bond donors (Lipinski definition) is 0. The summed E-state index contributed by atoms with van der Waals surface area (Å²) in [5.41, 5.74) is 1.16. The van der Waals surface area contributed by atoms with Crippen LogP contribution in [-0.4, -0.2) is 11.8 Å². The molecular weight excluding hydrogens is 204 g/mol. The largest absolute Gasteiger partial charge is 0.510 e. The SMILES string of the molecule is C[C@@]12OC(=O)O[C@@]1(C)CCc1ccccc12. The van der Waals surface area contributed by atoms with Crippen molar-refractivity contribution in [2.45, 2.75) is 37.9 Å². The molecule has 0 radical (unpaired) electrons. The third-order valence-electron chi connectivity index (χ3n) is 4.01. The van der Waals surface area contributed by atoms with E-state index >= 15 is 0 Å². The smallest absolute Gasteiger partial charge is 0.423 e. The van der Waals surface area contributed by atoms with Crippen LogP contribution in [0.1, 0.15) is 31.4 Å². The Balaban J connectivity index is 2.21. The minimum absolute atomic E-state index is 0.529. The van der Waals surface area contributed by atoms with Gasteiger partial charge in [0, 0.05) is 5.56 Å². The third kappa shape index (κ3) is 1.01. The van der Waals surface area contributed by atoms with Crippen molar-refractivity contribution in [3.63, 3.8) is 0 Å². The van der Waals surface area contributed by atoms with Crippen LogP contribution >= 0.6 is 0 Å². The van der Waals surface area contributed by atoms with E-state index in [1.165, 1.54) is 5.56 Å². The van der Waals surface area contributed by atoms with E-state index in [0.29, 0.717) is 0 Å². The Morgan fingerprint density at radius 1 is 1.19 bits per heavy atom. The fourth-order valence-corrected chi connectivity index (χ4v) is 2.78. The van der Waals surface area contributed by atoms with Gasteiger partial charge in [-0.25, -0.2) is 4.79 Å². The molecule has 1 aromatic carbocycles. The monoisotopic (exact) mass is 218 g/mol. The Hall–Kier alpha value is -1.51. The van der Waals surface area contributed by atoms with E-state index < -0.39 is 17.4 Å². The molecule has 1 fully saturated rings. The van der Waals surface area contributed by atoms with Crippen molar-refractivity contribution < 1.29 is 14.3 Å². The van der Waals surface area contributed by atoms with Crippen LogP contribution in [0.3, 0.4) is 0 Å². The number of benzene rings is 1. The molecule has 1 aliphatic heterocycles. The lowest BCUT2D eigenvalue weighted by Gasteiger charge is -2.40. The molecule has 0 N–H and O–H groups in total. The number of aryl methyl sites for hydroxylation is 1. The van der Waals surface area contributed by atoms with Crippen LogP contribution in [0.15, 0.2) is 24.3 Å². The van der Waals surface area contributed by atoms with Crippen LogP contribution in [0.2, 0.25) is 0 Å². The number of ether oxygens (including phenoxy) is 2. The minimum atomic E-state index is -0.640. The fourth-order valence-electron chi connectivity index (χ4n) is 2.78. The summed E-state index contributed by atoms with van der Waals surface area (Å²) in [5.74, 6) is 0. The third-order valence-corrected chi connectivity index (χ3v) is 4.01. The van der Waals surface area contributed by atoms with Gasteiger partial charge >= 0.3 is 6.16 Å². The molecule has 0 aromatic heterocycles. The highest BCUT2D eigenvalue weighted by atomic mass is 16.8. The topological polar surface area (TPSA) is 35.5 Å². The van der Waals surface area contributed by atoms with Crippen LogP contribution in [0.4, 0.5) is 4.79 Å². The minimum Gasteiger partial charge on any atom is -0.423 e. The number of hydrogen-bond acceptors (Lipinski definition) is 3. The summed E-state index contributed by atoms with van der Waals surface area (Å²) in [6.07, 6.45) is 1.19. The highest BCUT2D eigenvalue weighted by Gasteiger charge is 2.60. The molecule has 1 aliphatic carbocycles. The van der Waals surface area contributed by atoms with Crippen molar-refractivity contribution in [3.05, 3.63) is 35.4 Å². The molecule has 2 atom stereocenters. The second kappa shape index (κ2) is 2.78. The van der Waals surface area contributed by atoms with E-state index in [-0.39, 0.29) is 0 Å². The molecule has 1 saturated heterocycles. The van der Waals surface area contributed by atoms with Gasteiger partial charge in [-0.15, -0.1) is 0 Å². The number of carbonyl (C=O) groups is 1. The standard InChI is InChI=1S/C13H14O3/c1-12-8-7-9-5-3-4-6-10(9)13(12,2)16-11(14)15-12/h3-6H,7-8H2,1-2H3/t12-,13-/m0/s1. The lowest BCUT2D eigenvalue weighted by Crippen LogP contribution is -2.48. The molecule has 0 spiro atoms. The zero-order valence-corrected chi connectivity index (χ0v) is 9.45. The first-order valence-electron chi connectivity index (χ1n) is 5.56. The summed E-state index contributed by atoms with van der Waals surface area (Å²) < 4.78 is 10.8. The van der Waals surface area contributed by atoms with Crippen molar-refractivity contribution >= 4 is 6.16 Å². The lowest BCUT2D eigenvalue weighted by molar-refractivity contribution is -0.0415. The van der Waals surface area contributed by atoms with Gasteiger partial charge in [-0.1, -0.05) is 24.3 Å². The van der Waals surface area contributed by atoms with E-state index in [9.17, 15) is 4.79 Å². The predicted octanol–water partition coefficient (Wildman–Crippen LogP) is 2.77. The molecule has 3 nitrogen and oxygen atoms in total. The van der Waals surface area contributed by atoms with E-state index in [2.05, 4.69) is 6.07 Å². The summed E-state index contributed by atoms with van der Waals surface area (Å²) in [4.78, 5) is 11.4. The highest BCUT2D eigenvalue weighted by Crippen LogP contribution is 2.51. The zero-order chi connectivity index (χ0) is 11.4. The van der Waals surface area contributed by atoms with Gasteiger partial charge in [0.05, 0.1) is 0 Å².